The molecule has 4 nitrogen and oxygen atoms in total. The Labute approximate surface area is 119 Å². The standard InChI is InChI=1S/C16H21NO3/c1-12-5-3-6-13(11-12)8-9-15(18)17-10-4-7-14(17)16(19)20-2/h3,5-6,11,14H,4,7-10H2,1-2H3. The van der Waals surface area contributed by atoms with Crippen molar-refractivity contribution in [2.45, 2.75) is 38.6 Å². The second kappa shape index (κ2) is 6.55. The fraction of sp³-hybridized carbons (Fsp3) is 0.500. The van der Waals surface area contributed by atoms with Gasteiger partial charge < -0.3 is 9.64 Å². The van der Waals surface area contributed by atoms with Crippen LogP contribution in [0, 0.1) is 6.92 Å². The minimum absolute atomic E-state index is 0.0411. The number of rotatable bonds is 4. The van der Waals surface area contributed by atoms with E-state index in [4.69, 9.17) is 4.74 Å². The molecule has 1 fully saturated rings. The number of nitrogens with zero attached hydrogens (tertiary/aromatic N) is 1. The lowest BCUT2D eigenvalue weighted by molar-refractivity contribution is -0.150. The molecular formula is C16H21NO3. The van der Waals surface area contributed by atoms with E-state index in [0.29, 0.717) is 25.8 Å². The Morgan fingerprint density at radius 3 is 2.90 bits per heavy atom. The molecule has 0 saturated carbocycles. The summed E-state index contributed by atoms with van der Waals surface area (Å²) in [7, 11) is 1.37. The summed E-state index contributed by atoms with van der Waals surface area (Å²) in [5.41, 5.74) is 2.36. The summed E-state index contributed by atoms with van der Waals surface area (Å²) in [6.07, 6.45) is 2.74. The number of ether oxygens (including phenoxy) is 1. The number of hydrogen-bond acceptors (Lipinski definition) is 3. The van der Waals surface area contributed by atoms with Crippen LogP contribution >= 0.6 is 0 Å². The van der Waals surface area contributed by atoms with Crippen LogP contribution in [0.5, 0.6) is 0 Å². The van der Waals surface area contributed by atoms with Gasteiger partial charge in [-0.25, -0.2) is 4.79 Å². The summed E-state index contributed by atoms with van der Waals surface area (Å²) in [6, 6.07) is 7.78. The molecule has 0 bridgehead atoms. The topological polar surface area (TPSA) is 46.6 Å². The van der Waals surface area contributed by atoms with Crippen LogP contribution < -0.4 is 0 Å². The lowest BCUT2D eigenvalue weighted by Crippen LogP contribution is -2.41. The molecule has 1 aromatic rings. The first-order valence-electron chi connectivity index (χ1n) is 7.04. The Kier molecular flexibility index (Phi) is 4.77. The normalized spacial score (nSPS) is 18.1. The van der Waals surface area contributed by atoms with E-state index in [1.807, 2.05) is 25.1 Å². The second-order valence-electron chi connectivity index (χ2n) is 5.26. The molecule has 20 heavy (non-hydrogen) atoms. The third-order valence-corrected chi connectivity index (χ3v) is 3.76. The van der Waals surface area contributed by atoms with Gasteiger partial charge in [0.15, 0.2) is 0 Å². The fourth-order valence-electron chi connectivity index (χ4n) is 2.71. The SMILES string of the molecule is COC(=O)C1CCCN1C(=O)CCc1cccc(C)c1. The zero-order chi connectivity index (χ0) is 14.5. The van der Waals surface area contributed by atoms with Gasteiger partial charge >= 0.3 is 5.97 Å². The fourth-order valence-corrected chi connectivity index (χ4v) is 2.71. The number of methoxy groups -OCH3 is 1. The summed E-state index contributed by atoms with van der Waals surface area (Å²) in [5, 5.41) is 0. The highest BCUT2D eigenvalue weighted by Crippen LogP contribution is 2.20. The number of carbonyl (C=O) groups excluding carboxylic acids is 2. The highest BCUT2D eigenvalue weighted by Gasteiger charge is 2.34. The van der Waals surface area contributed by atoms with Crippen molar-refractivity contribution in [3.63, 3.8) is 0 Å². The second-order valence-corrected chi connectivity index (χ2v) is 5.26. The lowest BCUT2D eigenvalue weighted by atomic mass is 10.1. The van der Waals surface area contributed by atoms with E-state index in [-0.39, 0.29) is 17.9 Å². The molecular weight excluding hydrogens is 254 g/mol. The van der Waals surface area contributed by atoms with Crippen LogP contribution in [0.2, 0.25) is 0 Å². The number of carbonyl (C=O) groups is 2. The number of likely N-dealkylation sites (tertiary alicyclic amines) is 1. The van der Waals surface area contributed by atoms with Crippen LogP contribution in [-0.4, -0.2) is 36.5 Å². The van der Waals surface area contributed by atoms with Crippen LogP contribution in [0.1, 0.15) is 30.4 Å². The zero-order valence-corrected chi connectivity index (χ0v) is 12.1. The van der Waals surface area contributed by atoms with E-state index in [9.17, 15) is 9.59 Å². The van der Waals surface area contributed by atoms with Gasteiger partial charge in [-0.05, 0) is 31.7 Å². The van der Waals surface area contributed by atoms with Crippen molar-refractivity contribution in [1.29, 1.82) is 0 Å². The number of aryl methyl sites for hydroxylation is 2. The van der Waals surface area contributed by atoms with Gasteiger partial charge in [-0.2, -0.15) is 0 Å². The minimum atomic E-state index is -0.384. The highest BCUT2D eigenvalue weighted by molar-refractivity contribution is 5.85. The van der Waals surface area contributed by atoms with Crippen molar-refractivity contribution in [1.82, 2.24) is 4.90 Å². The molecule has 1 amide bonds. The average Bonchev–Trinajstić information content (AvgIpc) is 2.93. The molecule has 1 aromatic carbocycles. The Hall–Kier alpha value is -1.84. The zero-order valence-electron chi connectivity index (χ0n) is 12.1. The number of benzene rings is 1. The van der Waals surface area contributed by atoms with Crippen LogP contribution in [0.3, 0.4) is 0 Å². The third-order valence-electron chi connectivity index (χ3n) is 3.76. The number of esters is 1. The molecule has 1 saturated heterocycles. The van der Waals surface area contributed by atoms with Crippen molar-refractivity contribution < 1.29 is 14.3 Å². The van der Waals surface area contributed by atoms with Crippen molar-refractivity contribution in [2.75, 3.05) is 13.7 Å². The van der Waals surface area contributed by atoms with Gasteiger partial charge in [-0.3, -0.25) is 4.79 Å². The first kappa shape index (κ1) is 14.6. The van der Waals surface area contributed by atoms with Gasteiger partial charge in [0.2, 0.25) is 5.91 Å². The molecule has 1 unspecified atom stereocenters. The molecule has 0 aromatic heterocycles. The van der Waals surface area contributed by atoms with Crippen molar-refractivity contribution >= 4 is 11.9 Å². The predicted molar refractivity (Wildman–Crippen MR) is 76.3 cm³/mol. The first-order valence-corrected chi connectivity index (χ1v) is 7.04. The largest absolute Gasteiger partial charge is 0.467 e. The van der Waals surface area contributed by atoms with Crippen molar-refractivity contribution in [2.24, 2.45) is 0 Å². The van der Waals surface area contributed by atoms with Gasteiger partial charge in [0, 0.05) is 13.0 Å². The number of hydrogen-bond donors (Lipinski definition) is 0. The van der Waals surface area contributed by atoms with Gasteiger partial charge in [-0.15, -0.1) is 0 Å². The van der Waals surface area contributed by atoms with E-state index in [2.05, 4.69) is 6.07 Å². The molecule has 1 atom stereocenters. The highest BCUT2D eigenvalue weighted by atomic mass is 16.5. The third kappa shape index (κ3) is 3.38. The van der Waals surface area contributed by atoms with Gasteiger partial charge in [-0.1, -0.05) is 29.8 Å². The molecule has 1 aliphatic heterocycles. The minimum Gasteiger partial charge on any atom is -0.467 e. The molecule has 0 aliphatic carbocycles. The molecule has 1 heterocycles. The van der Waals surface area contributed by atoms with Gasteiger partial charge in [0.05, 0.1) is 7.11 Å². The Balaban J connectivity index is 1.93. The maximum Gasteiger partial charge on any atom is 0.328 e. The quantitative estimate of drug-likeness (QED) is 0.790. The van der Waals surface area contributed by atoms with E-state index in [1.165, 1.54) is 12.7 Å². The van der Waals surface area contributed by atoms with Gasteiger partial charge in [0.25, 0.3) is 0 Å². The van der Waals surface area contributed by atoms with Crippen LogP contribution in [0.15, 0.2) is 24.3 Å². The Morgan fingerprint density at radius 2 is 2.20 bits per heavy atom. The maximum atomic E-state index is 12.3. The Bertz CT molecular complexity index is 498. The molecule has 1 aliphatic rings. The van der Waals surface area contributed by atoms with E-state index >= 15 is 0 Å². The van der Waals surface area contributed by atoms with Crippen LogP contribution in [0.25, 0.3) is 0 Å². The molecule has 0 radical (unpaired) electrons. The molecule has 2 rings (SSSR count). The van der Waals surface area contributed by atoms with Crippen LogP contribution in [-0.2, 0) is 20.7 Å². The van der Waals surface area contributed by atoms with Crippen molar-refractivity contribution in [3.05, 3.63) is 35.4 Å². The first-order chi connectivity index (χ1) is 9.61. The molecule has 0 spiro atoms. The van der Waals surface area contributed by atoms with Gasteiger partial charge in [0.1, 0.15) is 6.04 Å². The predicted octanol–water partition coefficient (Wildman–Crippen LogP) is 2.09. The maximum absolute atomic E-state index is 12.3. The monoisotopic (exact) mass is 275 g/mol. The summed E-state index contributed by atoms with van der Waals surface area (Å²) in [6.45, 7) is 2.70. The lowest BCUT2D eigenvalue weighted by Gasteiger charge is -2.22. The summed E-state index contributed by atoms with van der Waals surface area (Å²) in [5.74, 6) is -0.259. The smallest absolute Gasteiger partial charge is 0.328 e. The summed E-state index contributed by atoms with van der Waals surface area (Å²) in [4.78, 5) is 25.6. The summed E-state index contributed by atoms with van der Waals surface area (Å²) >= 11 is 0. The Morgan fingerprint density at radius 1 is 1.40 bits per heavy atom. The van der Waals surface area contributed by atoms with E-state index in [0.717, 1.165) is 12.0 Å². The van der Waals surface area contributed by atoms with E-state index in [1.54, 1.807) is 4.90 Å². The van der Waals surface area contributed by atoms with E-state index < -0.39 is 0 Å². The van der Waals surface area contributed by atoms with Crippen LogP contribution in [0.4, 0.5) is 0 Å². The number of amides is 1. The summed E-state index contributed by atoms with van der Waals surface area (Å²) < 4.78 is 4.76. The van der Waals surface area contributed by atoms with Crippen molar-refractivity contribution in [3.8, 4) is 0 Å². The molecule has 0 N–H and O–H groups in total. The molecule has 108 valence electrons. The average molecular weight is 275 g/mol. The molecule has 4 heteroatoms.